The fraction of sp³-hybridized carbons (Fsp3) is 0.800. The van der Waals surface area contributed by atoms with E-state index in [-0.39, 0.29) is 18.9 Å². The third-order valence-corrected chi connectivity index (χ3v) is 0.598. The Kier molecular flexibility index (Phi) is 14.7. The third-order valence-electron chi connectivity index (χ3n) is 0.598. The molecule has 0 unspecified atom stereocenters. The molecule has 0 saturated carbocycles. The van der Waals surface area contributed by atoms with E-state index < -0.39 is 0 Å². The second-order valence-electron chi connectivity index (χ2n) is 1.20. The predicted octanol–water partition coefficient (Wildman–Crippen LogP) is 0.599. The molecule has 2 heteroatoms. The van der Waals surface area contributed by atoms with E-state index in [1.54, 1.807) is 7.11 Å². The number of rotatable bonds is 3. The molecule has 0 aromatic carbocycles. The molecule has 0 N–H and O–H groups in total. The molecule has 1 nitrogen and oxygen atoms in total. The molecule has 0 aromatic rings. The van der Waals surface area contributed by atoms with Gasteiger partial charge in [0.05, 0.1) is 0 Å². The van der Waals surface area contributed by atoms with Crippen molar-refractivity contribution in [3.63, 3.8) is 0 Å². The Balaban J connectivity index is 0. The van der Waals surface area contributed by atoms with E-state index in [9.17, 15) is 0 Å². The summed E-state index contributed by atoms with van der Waals surface area (Å²) < 4.78 is 4.74. The molecule has 0 atom stereocenters. The van der Waals surface area contributed by atoms with Gasteiger partial charge >= 0.3 is 18.9 Å². The first kappa shape index (κ1) is 10.5. The van der Waals surface area contributed by atoms with Gasteiger partial charge in [-0.2, -0.15) is 0 Å². The molecule has 7 heavy (non-hydrogen) atoms. The first-order chi connectivity index (χ1) is 2.91. The Bertz CT molecular complexity index is 20.0. The van der Waals surface area contributed by atoms with E-state index in [1.807, 2.05) is 0 Å². The van der Waals surface area contributed by atoms with Gasteiger partial charge in [-0.05, 0) is 6.42 Å². The molecule has 0 aliphatic heterocycles. The van der Waals surface area contributed by atoms with E-state index in [4.69, 9.17) is 4.74 Å². The van der Waals surface area contributed by atoms with Gasteiger partial charge in [-0.3, -0.25) is 0 Å². The van der Waals surface area contributed by atoms with Crippen LogP contribution in [0.25, 0.3) is 0 Å². The van der Waals surface area contributed by atoms with Crippen LogP contribution in [0.4, 0.5) is 0 Å². The van der Waals surface area contributed by atoms with E-state index in [0.29, 0.717) is 0 Å². The van der Waals surface area contributed by atoms with Crippen LogP contribution in [0.15, 0.2) is 0 Å². The van der Waals surface area contributed by atoms with Crippen molar-refractivity contribution in [3.8, 4) is 0 Å². The topological polar surface area (TPSA) is 9.23 Å². The standard InChI is InChI=1S/C5H11O.Li.H/c1-3-4-5-6-2;;/h1,3-5H2,2H3;;. The Labute approximate surface area is 57.6 Å². The average molecular weight is 95.1 g/mol. The summed E-state index contributed by atoms with van der Waals surface area (Å²) in [6.45, 7) is 4.49. The molecule has 0 aliphatic carbocycles. The minimum atomic E-state index is 0. The summed E-state index contributed by atoms with van der Waals surface area (Å²) in [6.07, 6.45) is 2.06. The second-order valence-corrected chi connectivity index (χ2v) is 1.20. The molecular weight excluding hydrogens is 83.0 g/mol. The Morgan fingerprint density at radius 1 is 1.57 bits per heavy atom. The summed E-state index contributed by atoms with van der Waals surface area (Å²) in [5.74, 6) is 0. The number of ether oxygens (including phenoxy) is 1. The summed E-state index contributed by atoms with van der Waals surface area (Å²) in [6, 6.07) is 0. The van der Waals surface area contributed by atoms with Crippen LogP contribution in [-0.2, 0) is 4.74 Å². The van der Waals surface area contributed by atoms with Crippen molar-refractivity contribution in [2.75, 3.05) is 13.7 Å². The molecule has 0 aromatic heterocycles. The number of unbranched alkanes of at least 4 members (excludes halogenated alkanes) is 1. The van der Waals surface area contributed by atoms with Crippen LogP contribution in [0.2, 0.25) is 0 Å². The van der Waals surface area contributed by atoms with Crippen LogP contribution >= 0.6 is 0 Å². The molecule has 1 radical (unpaired) electrons. The third kappa shape index (κ3) is 10.8. The van der Waals surface area contributed by atoms with Crippen LogP contribution in [0.1, 0.15) is 12.8 Å². The second kappa shape index (κ2) is 9.75. The van der Waals surface area contributed by atoms with Crippen LogP contribution in [0, 0.1) is 6.92 Å². The van der Waals surface area contributed by atoms with Gasteiger partial charge in [-0.15, -0.1) is 0 Å². The van der Waals surface area contributed by atoms with Gasteiger partial charge in [0, 0.05) is 13.7 Å². The van der Waals surface area contributed by atoms with Gasteiger partial charge in [-0.1, -0.05) is 13.3 Å². The maximum atomic E-state index is 4.74. The van der Waals surface area contributed by atoms with Crippen molar-refractivity contribution in [2.45, 2.75) is 12.8 Å². The molecule has 0 fully saturated rings. The number of hydrogen-bond donors (Lipinski definition) is 0. The molecule has 0 saturated heterocycles. The van der Waals surface area contributed by atoms with Gasteiger partial charge in [0.15, 0.2) is 0 Å². The van der Waals surface area contributed by atoms with Gasteiger partial charge in [0.1, 0.15) is 0 Å². The van der Waals surface area contributed by atoms with Gasteiger partial charge in [0.2, 0.25) is 0 Å². The van der Waals surface area contributed by atoms with Crippen LogP contribution in [-0.4, -0.2) is 32.6 Å². The zero-order valence-electron chi connectivity index (χ0n) is 4.24. The van der Waals surface area contributed by atoms with Gasteiger partial charge < -0.3 is 4.74 Å². The van der Waals surface area contributed by atoms with E-state index >= 15 is 0 Å². The Morgan fingerprint density at radius 3 is 2.29 bits per heavy atom. The molecule has 0 amide bonds. The van der Waals surface area contributed by atoms with Crippen LogP contribution < -0.4 is 0 Å². The van der Waals surface area contributed by atoms with Crippen molar-refractivity contribution in [2.24, 2.45) is 0 Å². The molecule has 0 bridgehead atoms. The van der Waals surface area contributed by atoms with Gasteiger partial charge in [-0.25, -0.2) is 0 Å². The zero-order valence-corrected chi connectivity index (χ0v) is 4.24. The fourth-order valence-corrected chi connectivity index (χ4v) is 0.246. The molecule has 0 rings (SSSR count). The van der Waals surface area contributed by atoms with E-state index in [1.165, 1.54) is 0 Å². The summed E-state index contributed by atoms with van der Waals surface area (Å²) in [5, 5.41) is 0. The monoisotopic (exact) mass is 95.1 g/mol. The summed E-state index contributed by atoms with van der Waals surface area (Å²) in [7, 11) is 1.70. The Hall–Kier alpha value is 0.557. The summed E-state index contributed by atoms with van der Waals surface area (Å²) in [5.41, 5.74) is 0. The fourth-order valence-electron chi connectivity index (χ4n) is 0.246. The van der Waals surface area contributed by atoms with Crippen molar-refractivity contribution in [1.82, 2.24) is 0 Å². The Morgan fingerprint density at radius 2 is 2.14 bits per heavy atom. The average Bonchev–Trinajstić information content (AvgIpc) is 1.61. The predicted molar refractivity (Wildman–Crippen MR) is 33.6 cm³/mol. The first-order valence-electron chi connectivity index (χ1n) is 2.20. The molecule has 39 valence electrons. The SMILES string of the molecule is [CH2]CCCOC.[LiH]. The summed E-state index contributed by atoms with van der Waals surface area (Å²) >= 11 is 0. The normalized spacial score (nSPS) is 7.71. The van der Waals surface area contributed by atoms with Crippen molar-refractivity contribution < 1.29 is 4.74 Å². The molecule has 0 spiro atoms. The van der Waals surface area contributed by atoms with E-state index in [2.05, 4.69) is 6.92 Å². The van der Waals surface area contributed by atoms with E-state index in [0.717, 1.165) is 19.4 Å². The van der Waals surface area contributed by atoms with Crippen LogP contribution in [0.3, 0.4) is 0 Å². The quantitative estimate of drug-likeness (QED) is 0.368. The minimum absolute atomic E-state index is 0. The molecular formula is C5H12LiO. The van der Waals surface area contributed by atoms with Gasteiger partial charge in [0.25, 0.3) is 0 Å². The number of hydrogen-bond acceptors (Lipinski definition) is 1. The maximum absolute atomic E-state index is 4.74. The summed E-state index contributed by atoms with van der Waals surface area (Å²) in [4.78, 5) is 0. The van der Waals surface area contributed by atoms with Crippen molar-refractivity contribution in [1.29, 1.82) is 0 Å². The zero-order chi connectivity index (χ0) is 4.83. The van der Waals surface area contributed by atoms with Crippen molar-refractivity contribution in [3.05, 3.63) is 6.92 Å². The first-order valence-corrected chi connectivity index (χ1v) is 2.20. The molecule has 0 aliphatic rings. The van der Waals surface area contributed by atoms with Crippen LogP contribution in [0.5, 0.6) is 0 Å². The number of methoxy groups -OCH3 is 1. The molecule has 0 heterocycles. The van der Waals surface area contributed by atoms with Crippen molar-refractivity contribution >= 4 is 18.9 Å².